The number of benzene rings is 1. The SMILES string of the molecule is CC(NC(=O)C1(N)CC1)c1cn(-c2ccccc2)nn1.Cl. The second-order valence-corrected chi connectivity index (χ2v) is 5.27. The Balaban J connectivity index is 0.00000161. The smallest absolute Gasteiger partial charge is 0.240 e. The first-order chi connectivity index (χ1) is 9.58. The van der Waals surface area contributed by atoms with E-state index < -0.39 is 5.54 Å². The van der Waals surface area contributed by atoms with Gasteiger partial charge in [-0.3, -0.25) is 4.79 Å². The molecule has 1 unspecified atom stereocenters. The van der Waals surface area contributed by atoms with Gasteiger partial charge in [-0.15, -0.1) is 17.5 Å². The average molecular weight is 308 g/mol. The number of aromatic nitrogens is 3. The van der Waals surface area contributed by atoms with Gasteiger partial charge in [-0.1, -0.05) is 23.4 Å². The highest BCUT2D eigenvalue weighted by atomic mass is 35.5. The summed E-state index contributed by atoms with van der Waals surface area (Å²) in [6.45, 7) is 1.88. The van der Waals surface area contributed by atoms with Crippen LogP contribution in [-0.4, -0.2) is 26.4 Å². The standard InChI is InChI=1S/C14H17N5O.ClH/c1-10(16-13(20)14(15)7-8-14)12-9-19(18-17-12)11-5-3-2-4-6-11;/h2-6,9-10H,7-8,15H2,1H3,(H,16,20);1H. The Morgan fingerprint density at radius 3 is 2.67 bits per heavy atom. The summed E-state index contributed by atoms with van der Waals surface area (Å²) in [4.78, 5) is 11.9. The van der Waals surface area contributed by atoms with E-state index in [0.29, 0.717) is 5.69 Å². The Hall–Kier alpha value is -1.92. The number of nitrogens with zero attached hydrogens (tertiary/aromatic N) is 3. The van der Waals surface area contributed by atoms with Crippen LogP contribution in [0.2, 0.25) is 0 Å². The molecule has 112 valence electrons. The van der Waals surface area contributed by atoms with E-state index in [1.54, 1.807) is 4.68 Å². The summed E-state index contributed by atoms with van der Waals surface area (Å²) < 4.78 is 1.69. The van der Waals surface area contributed by atoms with Crippen LogP contribution < -0.4 is 11.1 Å². The fraction of sp³-hybridized carbons (Fsp3) is 0.357. The molecule has 1 aromatic heterocycles. The van der Waals surface area contributed by atoms with E-state index in [4.69, 9.17) is 5.73 Å². The number of rotatable bonds is 4. The van der Waals surface area contributed by atoms with Crippen LogP contribution in [0.5, 0.6) is 0 Å². The molecule has 1 fully saturated rings. The third-order valence-corrected chi connectivity index (χ3v) is 3.56. The average Bonchev–Trinajstić information content (AvgIpc) is 3.04. The normalized spacial score (nSPS) is 16.7. The maximum atomic E-state index is 11.9. The Labute approximate surface area is 129 Å². The van der Waals surface area contributed by atoms with Gasteiger partial charge in [0.05, 0.1) is 23.5 Å². The Kier molecular flexibility index (Phi) is 4.29. The van der Waals surface area contributed by atoms with Gasteiger partial charge in [0.25, 0.3) is 0 Å². The Morgan fingerprint density at radius 2 is 2.05 bits per heavy atom. The lowest BCUT2D eigenvalue weighted by molar-refractivity contribution is -0.123. The van der Waals surface area contributed by atoms with Crippen LogP contribution in [0.15, 0.2) is 36.5 Å². The van der Waals surface area contributed by atoms with Crippen molar-refractivity contribution in [3.8, 4) is 5.69 Å². The molecule has 3 N–H and O–H groups in total. The van der Waals surface area contributed by atoms with Gasteiger partial charge in [-0.05, 0) is 31.9 Å². The molecule has 0 aliphatic heterocycles. The number of para-hydroxylation sites is 1. The largest absolute Gasteiger partial charge is 0.346 e. The van der Waals surface area contributed by atoms with Crippen LogP contribution in [-0.2, 0) is 4.79 Å². The van der Waals surface area contributed by atoms with E-state index in [-0.39, 0.29) is 24.4 Å². The highest BCUT2D eigenvalue weighted by Crippen LogP contribution is 2.32. The summed E-state index contributed by atoms with van der Waals surface area (Å²) in [6, 6.07) is 9.50. The zero-order chi connectivity index (χ0) is 14.2. The van der Waals surface area contributed by atoms with E-state index in [1.165, 1.54) is 0 Å². The fourth-order valence-electron chi connectivity index (χ4n) is 1.96. The number of amides is 1. The van der Waals surface area contributed by atoms with Crippen molar-refractivity contribution >= 4 is 18.3 Å². The van der Waals surface area contributed by atoms with E-state index in [1.807, 2.05) is 43.5 Å². The van der Waals surface area contributed by atoms with Crippen molar-refractivity contribution in [3.05, 3.63) is 42.2 Å². The minimum Gasteiger partial charge on any atom is -0.346 e. The first kappa shape index (κ1) is 15.5. The summed E-state index contributed by atoms with van der Waals surface area (Å²) in [5.41, 5.74) is 6.84. The topological polar surface area (TPSA) is 85.8 Å². The van der Waals surface area contributed by atoms with Crippen LogP contribution in [0.1, 0.15) is 31.5 Å². The molecule has 7 heteroatoms. The molecule has 21 heavy (non-hydrogen) atoms. The van der Waals surface area contributed by atoms with Crippen LogP contribution in [0.4, 0.5) is 0 Å². The molecule has 1 amide bonds. The molecule has 1 aliphatic carbocycles. The van der Waals surface area contributed by atoms with Crippen molar-refractivity contribution in [2.45, 2.75) is 31.3 Å². The molecule has 2 aromatic rings. The summed E-state index contributed by atoms with van der Waals surface area (Å²) in [6.07, 6.45) is 3.32. The maximum Gasteiger partial charge on any atom is 0.240 e. The Bertz CT molecular complexity index is 623. The maximum absolute atomic E-state index is 11.9. The van der Waals surface area contributed by atoms with Crippen molar-refractivity contribution in [1.29, 1.82) is 0 Å². The number of nitrogens with two attached hydrogens (primary N) is 1. The van der Waals surface area contributed by atoms with Gasteiger partial charge in [-0.2, -0.15) is 0 Å². The second-order valence-electron chi connectivity index (χ2n) is 5.27. The summed E-state index contributed by atoms with van der Waals surface area (Å²) in [7, 11) is 0. The number of carbonyl (C=O) groups excluding carboxylic acids is 1. The van der Waals surface area contributed by atoms with E-state index in [9.17, 15) is 4.79 Å². The molecule has 1 aromatic carbocycles. The fourth-order valence-corrected chi connectivity index (χ4v) is 1.96. The molecule has 1 heterocycles. The van der Waals surface area contributed by atoms with Gasteiger partial charge in [0.1, 0.15) is 5.69 Å². The highest BCUT2D eigenvalue weighted by Gasteiger charge is 2.46. The molecule has 0 bridgehead atoms. The molecule has 6 nitrogen and oxygen atoms in total. The number of hydrogen-bond donors (Lipinski definition) is 2. The predicted molar refractivity (Wildman–Crippen MR) is 81.3 cm³/mol. The van der Waals surface area contributed by atoms with Gasteiger partial charge in [0.15, 0.2) is 0 Å². The number of halogens is 1. The summed E-state index contributed by atoms with van der Waals surface area (Å²) >= 11 is 0. The highest BCUT2D eigenvalue weighted by molar-refractivity contribution is 5.89. The van der Waals surface area contributed by atoms with Gasteiger partial charge in [-0.25, -0.2) is 4.68 Å². The number of hydrogen-bond acceptors (Lipinski definition) is 4. The first-order valence-electron chi connectivity index (χ1n) is 6.66. The van der Waals surface area contributed by atoms with Gasteiger partial charge >= 0.3 is 0 Å². The van der Waals surface area contributed by atoms with Crippen LogP contribution in [0, 0.1) is 0 Å². The molecule has 0 spiro atoms. The lowest BCUT2D eigenvalue weighted by atomic mass is 10.2. The van der Waals surface area contributed by atoms with Gasteiger partial charge < -0.3 is 11.1 Å². The monoisotopic (exact) mass is 307 g/mol. The molecule has 0 saturated heterocycles. The van der Waals surface area contributed by atoms with Crippen LogP contribution in [0.25, 0.3) is 5.69 Å². The zero-order valence-electron chi connectivity index (χ0n) is 11.7. The number of nitrogens with one attached hydrogen (secondary N) is 1. The van der Waals surface area contributed by atoms with Crippen molar-refractivity contribution in [1.82, 2.24) is 20.3 Å². The lowest BCUT2D eigenvalue weighted by Crippen LogP contribution is -2.43. The van der Waals surface area contributed by atoms with Gasteiger partial charge in [0.2, 0.25) is 5.91 Å². The van der Waals surface area contributed by atoms with Crippen molar-refractivity contribution < 1.29 is 4.79 Å². The van der Waals surface area contributed by atoms with Crippen molar-refractivity contribution in [2.24, 2.45) is 5.73 Å². The summed E-state index contributed by atoms with van der Waals surface area (Å²) in [5, 5.41) is 11.1. The molecule has 1 aliphatic rings. The van der Waals surface area contributed by atoms with E-state index in [0.717, 1.165) is 18.5 Å². The minimum absolute atomic E-state index is 0. The van der Waals surface area contributed by atoms with Crippen LogP contribution >= 0.6 is 12.4 Å². The molecule has 3 rings (SSSR count). The van der Waals surface area contributed by atoms with E-state index >= 15 is 0 Å². The molecule has 1 saturated carbocycles. The first-order valence-corrected chi connectivity index (χ1v) is 6.66. The quantitative estimate of drug-likeness (QED) is 0.893. The van der Waals surface area contributed by atoms with Gasteiger partial charge in [0, 0.05) is 0 Å². The third kappa shape index (κ3) is 3.22. The zero-order valence-corrected chi connectivity index (χ0v) is 12.5. The van der Waals surface area contributed by atoms with Crippen molar-refractivity contribution in [3.63, 3.8) is 0 Å². The van der Waals surface area contributed by atoms with Crippen molar-refractivity contribution in [2.75, 3.05) is 0 Å². The molecule has 1 atom stereocenters. The third-order valence-electron chi connectivity index (χ3n) is 3.56. The predicted octanol–water partition coefficient (Wildman–Crippen LogP) is 1.36. The lowest BCUT2D eigenvalue weighted by Gasteiger charge is -2.14. The molecular weight excluding hydrogens is 290 g/mol. The number of carbonyl (C=O) groups is 1. The minimum atomic E-state index is -0.663. The summed E-state index contributed by atoms with van der Waals surface area (Å²) in [5.74, 6) is -0.112. The molecular formula is C14H18ClN5O. The van der Waals surface area contributed by atoms with Crippen LogP contribution in [0.3, 0.4) is 0 Å². The molecule has 0 radical (unpaired) electrons. The second kappa shape index (κ2) is 5.83. The van der Waals surface area contributed by atoms with E-state index in [2.05, 4.69) is 15.6 Å². The Morgan fingerprint density at radius 1 is 1.38 bits per heavy atom.